The molecule has 1 fully saturated rings. The van der Waals surface area contributed by atoms with Gasteiger partial charge in [-0.3, -0.25) is 15.2 Å². The van der Waals surface area contributed by atoms with Gasteiger partial charge in [0.25, 0.3) is 5.91 Å². The number of methoxy groups -OCH3 is 1. The molecule has 1 aliphatic rings. The molecule has 13 heteroatoms. The maximum atomic E-state index is 14.1. The Labute approximate surface area is 239 Å². The van der Waals surface area contributed by atoms with Gasteiger partial charge in [-0.15, -0.1) is 11.3 Å². The molecule has 3 aromatic heterocycles. The standard InChI is InChI=1S/C15H13FN6O.C7H14O.C5H4ClNOS/c1-23-12-4-2-3-8(16)13(12)15-21-9-5-10(14(18)20-7-17)19-6-11(9)22-15;8-7-5-3-1-2-4-6-7;6-4-2-1-3(9-4)5(7)8/h2-7H,1H3,(H,21,22)(H3,17,18,20);7-8H,1-6H2;1-2H,(H2,7,8). The van der Waals surface area contributed by atoms with Crippen LogP contribution in [0.2, 0.25) is 4.34 Å². The van der Waals surface area contributed by atoms with E-state index in [0.717, 1.165) is 19.2 Å². The predicted octanol–water partition coefficient (Wildman–Crippen LogP) is 5.29. The number of rotatable bonds is 5. The molecule has 212 valence electrons. The number of benzene rings is 1. The van der Waals surface area contributed by atoms with Crippen LogP contribution in [0.15, 0.2) is 47.6 Å². The number of ether oxygens (including phenoxy) is 1. The molecule has 1 saturated carbocycles. The molecule has 10 nitrogen and oxygen atoms in total. The van der Waals surface area contributed by atoms with Crippen LogP contribution in [-0.4, -0.2) is 51.4 Å². The molecule has 0 aliphatic heterocycles. The normalized spacial score (nSPS) is 13.8. The number of aliphatic hydroxyl groups is 1. The van der Waals surface area contributed by atoms with Crippen molar-refractivity contribution in [2.75, 3.05) is 7.11 Å². The topological polar surface area (TPSA) is 176 Å². The maximum Gasteiger partial charge on any atom is 0.258 e. The zero-order chi connectivity index (χ0) is 29.1. The number of hydrogen-bond acceptors (Lipinski definition) is 7. The molecule has 5 rings (SSSR count). The molecule has 7 N–H and O–H groups in total. The van der Waals surface area contributed by atoms with Crippen molar-refractivity contribution in [3.8, 4) is 17.1 Å². The molecule has 4 aromatic rings. The molecule has 3 heterocycles. The van der Waals surface area contributed by atoms with Crippen molar-refractivity contribution in [3.63, 3.8) is 0 Å². The number of imidazole rings is 1. The van der Waals surface area contributed by atoms with Gasteiger partial charge in [-0.2, -0.15) is 0 Å². The third-order valence-electron chi connectivity index (χ3n) is 5.91. The summed E-state index contributed by atoms with van der Waals surface area (Å²) in [5.74, 6) is -0.0538. The molecule has 0 spiro atoms. The Hall–Kier alpha value is -3.87. The van der Waals surface area contributed by atoms with Crippen LogP contribution in [0.3, 0.4) is 0 Å². The van der Waals surface area contributed by atoms with E-state index in [2.05, 4.69) is 19.9 Å². The second kappa shape index (κ2) is 15.1. The summed E-state index contributed by atoms with van der Waals surface area (Å²) >= 11 is 6.70. The number of thiophene rings is 1. The molecule has 0 radical (unpaired) electrons. The summed E-state index contributed by atoms with van der Waals surface area (Å²) in [4.78, 5) is 26.1. The number of nitrogens with two attached hydrogens (primary N) is 2. The number of aromatic nitrogens is 3. The van der Waals surface area contributed by atoms with Crippen molar-refractivity contribution < 1.29 is 19.0 Å². The van der Waals surface area contributed by atoms with E-state index in [0.29, 0.717) is 37.5 Å². The third-order valence-corrected chi connectivity index (χ3v) is 7.15. The first-order chi connectivity index (χ1) is 19.2. The first-order valence-corrected chi connectivity index (χ1v) is 13.7. The third kappa shape index (κ3) is 8.57. The number of aromatic amines is 1. The molecule has 1 aliphatic carbocycles. The van der Waals surface area contributed by atoms with Crippen molar-refractivity contribution >= 4 is 52.1 Å². The van der Waals surface area contributed by atoms with Gasteiger partial charge in [0.2, 0.25) is 0 Å². The highest BCUT2D eigenvalue weighted by molar-refractivity contribution is 7.17. The number of amidine groups is 1. The summed E-state index contributed by atoms with van der Waals surface area (Å²) in [5, 5.41) is 16.0. The number of fused-ring (bicyclic) bond motifs is 1. The van der Waals surface area contributed by atoms with E-state index in [4.69, 9.17) is 38.3 Å². The zero-order valence-corrected chi connectivity index (χ0v) is 23.4. The van der Waals surface area contributed by atoms with Gasteiger partial charge in [0.15, 0.2) is 5.84 Å². The summed E-state index contributed by atoms with van der Waals surface area (Å²) in [7, 11) is 1.47. The molecule has 1 aromatic carbocycles. The number of hydrogen-bond donors (Lipinski definition) is 5. The predicted molar refractivity (Wildman–Crippen MR) is 157 cm³/mol. The van der Waals surface area contributed by atoms with Gasteiger partial charge in [-0.25, -0.2) is 14.4 Å². The van der Waals surface area contributed by atoms with E-state index in [1.807, 2.05) is 0 Å². The molecule has 0 saturated heterocycles. The summed E-state index contributed by atoms with van der Waals surface area (Å²) < 4.78 is 19.9. The Morgan fingerprint density at radius 2 is 1.98 bits per heavy atom. The summed E-state index contributed by atoms with van der Waals surface area (Å²) in [6, 6.07) is 9.43. The SMILES string of the molecule is COc1cccc(F)c1-c1nc2cc(C(N)=NC=N)ncc2[nH]1.NC(=O)c1ccc(Cl)s1.OC1CCCCCC1. The number of pyridine rings is 1. The Morgan fingerprint density at radius 1 is 1.25 bits per heavy atom. The number of aliphatic imine (C=N–C) groups is 1. The highest BCUT2D eigenvalue weighted by Crippen LogP contribution is 2.31. The van der Waals surface area contributed by atoms with Crippen molar-refractivity contribution in [3.05, 3.63) is 63.3 Å². The minimum Gasteiger partial charge on any atom is -0.496 e. The number of primary amides is 1. The van der Waals surface area contributed by atoms with Crippen molar-refractivity contribution in [1.82, 2.24) is 15.0 Å². The lowest BCUT2D eigenvalue weighted by Crippen LogP contribution is -2.14. The number of carbonyl (C=O) groups excluding carboxylic acids is 1. The Morgan fingerprint density at radius 3 is 2.55 bits per heavy atom. The first-order valence-electron chi connectivity index (χ1n) is 12.5. The first kappa shape index (κ1) is 30.7. The lowest BCUT2D eigenvalue weighted by Gasteiger charge is -2.06. The number of amides is 1. The van der Waals surface area contributed by atoms with Crippen LogP contribution in [0.1, 0.15) is 53.9 Å². The highest BCUT2D eigenvalue weighted by atomic mass is 35.5. The van der Waals surface area contributed by atoms with Gasteiger partial charge in [0.05, 0.1) is 45.2 Å². The van der Waals surface area contributed by atoms with Crippen LogP contribution in [0, 0.1) is 11.2 Å². The minimum absolute atomic E-state index is 0.0255. The van der Waals surface area contributed by atoms with Gasteiger partial charge in [-0.1, -0.05) is 43.4 Å². The van der Waals surface area contributed by atoms with Crippen LogP contribution in [0.25, 0.3) is 22.4 Å². The number of nitrogens with zero attached hydrogens (tertiary/aromatic N) is 3. The lowest BCUT2D eigenvalue weighted by atomic mass is 10.2. The average Bonchev–Trinajstić information content (AvgIpc) is 3.49. The number of nitrogens with one attached hydrogen (secondary N) is 2. The van der Waals surface area contributed by atoms with Gasteiger partial charge < -0.3 is 26.3 Å². The number of H-pyrrole nitrogens is 1. The number of halogens is 2. The number of carbonyl (C=O) groups is 1. The Balaban J connectivity index is 0.000000211. The quantitative estimate of drug-likeness (QED) is 0.120. The smallest absolute Gasteiger partial charge is 0.258 e. The molecule has 40 heavy (non-hydrogen) atoms. The zero-order valence-electron chi connectivity index (χ0n) is 21.9. The fraction of sp³-hybridized carbons (Fsp3) is 0.296. The average molecular weight is 588 g/mol. The highest BCUT2D eigenvalue weighted by Gasteiger charge is 2.16. The second-order valence-corrected chi connectivity index (χ2v) is 10.5. The van der Waals surface area contributed by atoms with E-state index in [-0.39, 0.29) is 17.5 Å². The van der Waals surface area contributed by atoms with E-state index in [9.17, 15) is 9.18 Å². The minimum atomic E-state index is -0.443. The van der Waals surface area contributed by atoms with E-state index in [1.165, 1.54) is 56.4 Å². The van der Waals surface area contributed by atoms with Gasteiger partial charge in [-0.05, 0) is 43.2 Å². The summed E-state index contributed by atoms with van der Waals surface area (Å²) in [5.41, 5.74) is 12.5. The van der Waals surface area contributed by atoms with Crippen LogP contribution < -0.4 is 16.2 Å². The monoisotopic (exact) mass is 587 g/mol. The molecule has 0 unspecified atom stereocenters. The second-order valence-electron chi connectivity index (χ2n) is 8.75. The largest absolute Gasteiger partial charge is 0.496 e. The Bertz CT molecular complexity index is 1470. The van der Waals surface area contributed by atoms with E-state index >= 15 is 0 Å². The van der Waals surface area contributed by atoms with Crippen LogP contribution in [-0.2, 0) is 0 Å². The summed E-state index contributed by atoms with van der Waals surface area (Å²) in [6.45, 7) is 0. The van der Waals surface area contributed by atoms with Gasteiger partial charge in [0.1, 0.15) is 29.4 Å². The fourth-order valence-electron chi connectivity index (χ4n) is 3.91. The van der Waals surface area contributed by atoms with Crippen molar-refractivity contribution in [2.45, 2.75) is 44.6 Å². The van der Waals surface area contributed by atoms with Crippen molar-refractivity contribution in [2.24, 2.45) is 16.5 Å². The molecular formula is C27H31ClFN7O3S. The van der Waals surface area contributed by atoms with Crippen LogP contribution >= 0.6 is 22.9 Å². The van der Waals surface area contributed by atoms with Crippen molar-refractivity contribution in [1.29, 1.82) is 5.41 Å². The maximum absolute atomic E-state index is 14.1. The molecule has 0 bridgehead atoms. The van der Waals surface area contributed by atoms with E-state index in [1.54, 1.807) is 30.3 Å². The summed E-state index contributed by atoms with van der Waals surface area (Å²) in [6.07, 6.45) is 9.61. The van der Waals surface area contributed by atoms with Gasteiger partial charge >= 0.3 is 0 Å². The lowest BCUT2D eigenvalue weighted by molar-refractivity contribution is 0.100. The molecule has 1 amide bonds. The fourth-order valence-corrected chi connectivity index (χ4v) is 4.81. The van der Waals surface area contributed by atoms with E-state index < -0.39 is 11.7 Å². The molecular weight excluding hydrogens is 557 g/mol. The van der Waals surface area contributed by atoms with Crippen LogP contribution in [0.4, 0.5) is 4.39 Å². The Kier molecular flexibility index (Phi) is 11.5. The van der Waals surface area contributed by atoms with Crippen LogP contribution in [0.5, 0.6) is 5.75 Å². The molecule has 0 atom stereocenters. The van der Waals surface area contributed by atoms with Gasteiger partial charge in [0, 0.05) is 0 Å². The number of aliphatic hydroxyl groups excluding tert-OH is 1.